The van der Waals surface area contributed by atoms with Crippen LogP contribution in [0.1, 0.15) is 11.7 Å². The number of rotatable bonds is 6. The Balaban J connectivity index is 1.56. The van der Waals surface area contributed by atoms with Crippen LogP contribution in [0.15, 0.2) is 16.8 Å². The van der Waals surface area contributed by atoms with E-state index in [1.807, 2.05) is 16.8 Å². The fourth-order valence-electron chi connectivity index (χ4n) is 1.88. The van der Waals surface area contributed by atoms with E-state index in [-0.39, 0.29) is 6.10 Å². The molecule has 2 rings (SSSR count). The van der Waals surface area contributed by atoms with Crippen molar-refractivity contribution in [2.45, 2.75) is 6.10 Å². The van der Waals surface area contributed by atoms with Crippen molar-refractivity contribution in [1.82, 2.24) is 10.2 Å². The Kier molecular flexibility index (Phi) is 5.41. The summed E-state index contributed by atoms with van der Waals surface area (Å²) in [7, 11) is 0. The first-order chi connectivity index (χ1) is 8.36. The molecule has 2 N–H and O–H groups in total. The maximum Gasteiger partial charge on any atom is 0.0922 e. The predicted octanol–water partition coefficient (Wildman–Crippen LogP) is 0.703. The van der Waals surface area contributed by atoms with Gasteiger partial charge in [0, 0.05) is 32.7 Å². The molecule has 1 aliphatic heterocycles. The SMILES string of the molecule is OC(CNCCN1CCOCC1)c1ccsc1. The van der Waals surface area contributed by atoms with Crippen molar-refractivity contribution < 1.29 is 9.84 Å². The molecule has 5 heteroatoms. The minimum Gasteiger partial charge on any atom is -0.387 e. The molecule has 1 aliphatic rings. The molecule has 0 aliphatic carbocycles. The van der Waals surface area contributed by atoms with Crippen molar-refractivity contribution in [2.75, 3.05) is 45.9 Å². The molecule has 4 nitrogen and oxygen atoms in total. The van der Waals surface area contributed by atoms with E-state index in [0.717, 1.165) is 45.0 Å². The van der Waals surface area contributed by atoms with Gasteiger partial charge in [-0.2, -0.15) is 11.3 Å². The van der Waals surface area contributed by atoms with Gasteiger partial charge in [-0.05, 0) is 22.4 Å². The molecular formula is C12H20N2O2S. The average molecular weight is 256 g/mol. The fourth-order valence-corrected chi connectivity index (χ4v) is 2.59. The van der Waals surface area contributed by atoms with E-state index in [4.69, 9.17) is 4.74 Å². The lowest BCUT2D eigenvalue weighted by molar-refractivity contribution is 0.0380. The summed E-state index contributed by atoms with van der Waals surface area (Å²) in [6, 6.07) is 1.97. The predicted molar refractivity (Wildman–Crippen MR) is 69.4 cm³/mol. The summed E-state index contributed by atoms with van der Waals surface area (Å²) in [6.07, 6.45) is -0.383. The Morgan fingerprint density at radius 3 is 3.00 bits per heavy atom. The maximum atomic E-state index is 9.86. The zero-order chi connectivity index (χ0) is 11.9. The Hall–Kier alpha value is -0.460. The maximum absolute atomic E-state index is 9.86. The molecule has 96 valence electrons. The zero-order valence-corrected chi connectivity index (χ0v) is 10.8. The highest BCUT2D eigenvalue weighted by atomic mass is 32.1. The number of hydrogen-bond donors (Lipinski definition) is 2. The quantitative estimate of drug-likeness (QED) is 0.736. The second kappa shape index (κ2) is 7.08. The third-order valence-corrected chi connectivity index (χ3v) is 3.68. The van der Waals surface area contributed by atoms with Crippen molar-refractivity contribution in [3.05, 3.63) is 22.4 Å². The minimum absolute atomic E-state index is 0.383. The van der Waals surface area contributed by atoms with Crippen molar-refractivity contribution in [3.8, 4) is 0 Å². The highest BCUT2D eigenvalue weighted by Crippen LogP contribution is 2.14. The van der Waals surface area contributed by atoms with Gasteiger partial charge in [-0.1, -0.05) is 0 Å². The number of hydrogen-bond acceptors (Lipinski definition) is 5. The number of nitrogens with one attached hydrogen (secondary N) is 1. The Bertz CT molecular complexity index is 299. The summed E-state index contributed by atoms with van der Waals surface area (Å²) < 4.78 is 5.29. The summed E-state index contributed by atoms with van der Waals surface area (Å²) in [6.45, 7) is 6.31. The lowest BCUT2D eigenvalue weighted by atomic mass is 10.2. The summed E-state index contributed by atoms with van der Waals surface area (Å²) >= 11 is 1.62. The highest BCUT2D eigenvalue weighted by Gasteiger charge is 2.10. The standard InChI is InChI=1S/C12H20N2O2S/c15-12(11-1-8-17-10-11)9-13-2-3-14-4-6-16-7-5-14/h1,8,10,12-13,15H,2-7,9H2. The molecule has 17 heavy (non-hydrogen) atoms. The van der Waals surface area contributed by atoms with Gasteiger partial charge >= 0.3 is 0 Å². The van der Waals surface area contributed by atoms with E-state index in [0.29, 0.717) is 6.54 Å². The largest absolute Gasteiger partial charge is 0.387 e. The first kappa shape index (κ1) is 13.0. The normalized spacial score (nSPS) is 19.4. The topological polar surface area (TPSA) is 44.7 Å². The van der Waals surface area contributed by atoms with Crippen LogP contribution >= 0.6 is 11.3 Å². The molecule has 1 saturated heterocycles. The molecule has 1 atom stereocenters. The van der Waals surface area contributed by atoms with E-state index in [2.05, 4.69) is 10.2 Å². The fraction of sp³-hybridized carbons (Fsp3) is 0.667. The monoisotopic (exact) mass is 256 g/mol. The molecule has 1 fully saturated rings. The molecule has 1 aromatic rings. The van der Waals surface area contributed by atoms with Crippen LogP contribution in [0.4, 0.5) is 0 Å². The summed E-state index contributed by atoms with van der Waals surface area (Å²) in [4.78, 5) is 2.38. The smallest absolute Gasteiger partial charge is 0.0922 e. The van der Waals surface area contributed by atoms with Crippen molar-refractivity contribution >= 4 is 11.3 Å². The van der Waals surface area contributed by atoms with E-state index < -0.39 is 0 Å². The second-order valence-electron chi connectivity index (χ2n) is 4.23. The molecular weight excluding hydrogens is 236 g/mol. The molecule has 0 spiro atoms. The van der Waals surface area contributed by atoms with Crippen molar-refractivity contribution in [3.63, 3.8) is 0 Å². The number of morpholine rings is 1. The molecule has 0 amide bonds. The molecule has 0 saturated carbocycles. The van der Waals surface area contributed by atoms with E-state index in [9.17, 15) is 5.11 Å². The van der Waals surface area contributed by atoms with E-state index in [1.165, 1.54) is 0 Å². The highest BCUT2D eigenvalue weighted by molar-refractivity contribution is 7.07. The minimum atomic E-state index is -0.383. The number of aliphatic hydroxyl groups excluding tert-OH is 1. The van der Waals surface area contributed by atoms with Crippen molar-refractivity contribution in [1.29, 1.82) is 0 Å². The van der Waals surface area contributed by atoms with Crippen LogP contribution in [0.25, 0.3) is 0 Å². The summed E-state index contributed by atoms with van der Waals surface area (Å²) in [5.74, 6) is 0. The lowest BCUT2D eigenvalue weighted by Gasteiger charge is -2.26. The molecule has 0 bridgehead atoms. The van der Waals surface area contributed by atoms with Gasteiger partial charge in [0.2, 0.25) is 0 Å². The van der Waals surface area contributed by atoms with Gasteiger partial charge in [0.15, 0.2) is 0 Å². The third kappa shape index (κ3) is 4.37. The molecule has 2 heterocycles. The van der Waals surface area contributed by atoms with E-state index >= 15 is 0 Å². The lowest BCUT2D eigenvalue weighted by Crippen LogP contribution is -2.40. The average Bonchev–Trinajstić information content (AvgIpc) is 2.89. The van der Waals surface area contributed by atoms with Gasteiger partial charge in [-0.25, -0.2) is 0 Å². The van der Waals surface area contributed by atoms with Crippen LogP contribution in [0, 0.1) is 0 Å². The van der Waals surface area contributed by atoms with E-state index in [1.54, 1.807) is 11.3 Å². The first-order valence-corrected chi connectivity index (χ1v) is 7.01. The zero-order valence-electron chi connectivity index (χ0n) is 9.97. The van der Waals surface area contributed by atoms with Crippen LogP contribution in [0.3, 0.4) is 0 Å². The molecule has 1 unspecified atom stereocenters. The number of thiophene rings is 1. The number of nitrogens with zero attached hydrogens (tertiary/aromatic N) is 1. The van der Waals surface area contributed by atoms with Crippen LogP contribution < -0.4 is 5.32 Å². The number of aliphatic hydroxyl groups is 1. The second-order valence-corrected chi connectivity index (χ2v) is 5.01. The van der Waals surface area contributed by atoms with Gasteiger partial charge in [0.1, 0.15) is 0 Å². The molecule has 0 radical (unpaired) electrons. The van der Waals surface area contributed by atoms with Gasteiger partial charge < -0.3 is 15.2 Å². The summed E-state index contributed by atoms with van der Waals surface area (Å²) in [5, 5.41) is 17.1. The van der Waals surface area contributed by atoms with Gasteiger partial charge in [0.05, 0.1) is 19.3 Å². The Morgan fingerprint density at radius 1 is 1.47 bits per heavy atom. The first-order valence-electron chi connectivity index (χ1n) is 6.07. The van der Waals surface area contributed by atoms with Crippen LogP contribution in [0.5, 0.6) is 0 Å². The van der Waals surface area contributed by atoms with Crippen LogP contribution in [-0.4, -0.2) is 55.9 Å². The summed E-state index contributed by atoms with van der Waals surface area (Å²) in [5.41, 5.74) is 1.01. The van der Waals surface area contributed by atoms with Crippen LogP contribution in [0.2, 0.25) is 0 Å². The third-order valence-electron chi connectivity index (χ3n) is 2.97. The van der Waals surface area contributed by atoms with Crippen LogP contribution in [-0.2, 0) is 4.74 Å². The molecule has 0 aromatic carbocycles. The Morgan fingerprint density at radius 2 is 2.29 bits per heavy atom. The number of ether oxygens (including phenoxy) is 1. The Labute approximate surface area is 106 Å². The van der Waals surface area contributed by atoms with Gasteiger partial charge in [0.25, 0.3) is 0 Å². The van der Waals surface area contributed by atoms with Gasteiger partial charge in [-0.15, -0.1) is 0 Å². The van der Waals surface area contributed by atoms with Gasteiger partial charge in [-0.3, -0.25) is 4.90 Å². The van der Waals surface area contributed by atoms with Crippen molar-refractivity contribution in [2.24, 2.45) is 0 Å². The molecule has 1 aromatic heterocycles.